The first-order valence-corrected chi connectivity index (χ1v) is 10.5. The van der Waals surface area contributed by atoms with Gasteiger partial charge < -0.3 is 20.1 Å². The molecule has 3 aromatic rings. The van der Waals surface area contributed by atoms with E-state index in [1.165, 1.54) is 12.5 Å². The number of anilines is 2. The summed E-state index contributed by atoms with van der Waals surface area (Å²) in [6.07, 6.45) is 5.08. The van der Waals surface area contributed by atoms with Crippen molar-refractivity contribution in [2.45, 2.75) is 19.3 Å². The number of pyridine rings is 1. The lowest BCUT2D eigenvalue weighted by molar-refractivity contribution is 0.278. The van der Waals surface area contributed by atoms with Crippen molar-refractivity contribution in [2.24, 2.45) is 5.92 Å². The highest BCUT2D eigenvalue weighted by Gasteiger charge is 2.15. The summed E-state index contributed by atoms with van der Waals surface area (Å²) in [4.78, 5) is 4.45. The SMILES string of the molecule is COc1cc2c(Nc3ccc(Cl)cc3F)ccnc2cc1OCCCC1CCNC1. The number of hydrogen-bond acceptors (Lipinski definition) is 5. The molecule has 5 nitrogen and oxygen atoms in total. The second-order valence-electron chi connectivity index (χ2n) is 7.48. The number of ether oxygens (including phenoxy) is 2. The number of nitrogens with zero attached hydrogens (tertiary/aromatic N) is 1. The van der Waals surface area contributed by atoms with E-state index in [-0.39, 0.29) is 0 Å². The van der Waals surface area contributed by atoms with Crippen LogP contribution in [0, 0.1) is 11.7 Å². The lowest BCUT2D eigenvalue weighted by Gasteiger charge is -2.15. The van der Waals surface area contributed by atoms with Gasteiger partial charge in [-0.25, -0.2) is 4.39 Å². The Bertz CT molecular complexity index is 1020. The van der Waals surface area contributed by atoms with Crippen molar-refractivity contribution in [1.29, 1.82) is 0 Å². The molecule has 1 fully saturated rings. The number of halogens is 2. The number of rotatable bonds is 8. The second-order valence-corrected chi connectivity index (χ2v) is 7.91. The van der Waals surface area contributed by atoms with Gasteiger partial charge in [0.05, 0.1) is 24.9 Å². The van der Waals surface area contributed by atoms with E-state index in [1.807, 2.05) is 12.1 Å². The first-order chi connectivity index (χ1) is 14.6. The molecule has 0 bridgehead atoms. The molecule has 1 atom stereocenters. The van der Waals surface area contributed by atoms with Crippen molar-refractivity contribution >= 4 is 33.9 Å². The van der Waals surface area contributed by atoms with Gasteiger partial charge in [0.2, 0.25) is 0 Å². The van der Waals surface area contributed by atoms with Gasteiger partial charge in [-0.2, -0.15) is 0 Å². The highest BCUT2D eigenvalue weighted by Crippen LogP contribution is 2.36. The van der Waals surface area contributed by atoms with E-state index in [0.717, 1.165) is 48.4 Å². The molecule has 2 N–H and O–H groups in total. The first kappa shape index (κ1) is 20.7. The zero-order valence-corrected chi connectivity index (χ0v) is 17.6. The van der Waals surface area contributed by atoms with Crippen LogP contribution in [0.4, 0.5) is 15.8 Å². The minimum atomic E-state index is -0.420. The van der Waals surface area contributed by atoms with Crippen LogP contribution in [0.3, 0.4) is 0 Å². The minimum absolute atomic E-state index is 0.340. The molecule has 0 amide bonds. The van der Waals surface area contributed by atoms with E-state index < -0.39 is 5.82 Å². The fourth-order valence-electron chi connectivity index (χ4n) is 3.79. The Kier molecular flexibility index (Phi) is 6.55. The zero-order valence-electron chi connectivity index (χ0n) is 16.9. The van der Waals surface area contributed by atoms with Gasteiger partial charge in [0.25, 0.3) is 0 Å². The Morgan fingerprint density at radius 1 is 1.20 bits per heavy atom. The Morgan fingerprint density at radius 2 is 2.10 bits per heavy atom. The van der Waals surface area contributed by atoms with Gasteiger partial charge in [-0.1, -0.05) is 11.6 Å². The number of methoxy groups -OCH3 is 1. The van der Waals surface area contributed by atoms with E-state index >= 15 is 0 Å². The van der Waals surface area contributed by atoms with Crippen LogP contribution in [0.5, 0.6) is 11.5 Å². The number of benzene rings is 2. The Morgan fingerprint density at radius 3 is 2.87 bits per heavy atom. The third kappa shape index (κ3) is 4.77. The van der Waals surface area contributed by atoms with Gasteiger partial charge in [0.1, 0.15) is 5.82 Å². The molecule has 2 heterocycles. The van der Waals surface area contributed by atoms with Gasteiger partial charge in [-0.15, -0.1) is 0 Å². The molecule has 1 aliphatic heterocycles. The van der Waals surface area contributed by atoms with E-state index in [0.29, 0.717) is 28.8 Å². The largest absolute Gasteiger partial charge is 0.493 e. The molecular weight excluding hydrogens is 405 g/mol. The smallest absolute Gasteiger partial charge is 0.163 e. The zero-order chi connectivity index (χ0) is 20.9. The average molecular weight is 430 g/mol. The van der Waals surface area contributed by atoms with Crippen LogP contribution in [-0.4, -0.2) is 31.8 Å². The molecule has 1 aliphatic rings. The lowest BCUT2D eigenvalue weighted by atomic mass is 10.0. The highest BCUT2D eigenvalue weighted by molar-refractivity contribution is 6.30. The summed E-state index contributed by atoms with van der Waals surface area (Å²) >= 11 is 5.85. The molecule has 7 heteroatoms. The van der Waals surface area contributed by atoms with Crippen molar-refractivity contribution in [3.8, 4) is 11.5 Å². The maximum absolute atomic E-state index is 14.2. The number of nitrogens with one attached hydrogen (secondary N) is 2. The summed E-state index contributed by atoms with van der Waals surface area (Å²) in [5, 5.41) is 7.68. The normalized spacial score (nSPS) is 16.0. The molecule has 158 valence electrons. The predicted molar refractivity (Wildman–Crippen MR) is 119 cm³/mol. The summed E-state index contributed by atoms with van der Waals surface area (Å²) < 4.78 is 25.8. The van der Waals surface area contributed by atoms with Crippen molar-refractivity contribution in [1.82, 2.24) is 10.3 Å². The summed E-state index contributed by atoms with van der Waals surface area (Å²) in [6, 6.07) is 10.1. The highest BCUT2D eigenvalue weighted by atomic mass is 35.5. The quantitative estimate of drug-likeness (QED) is 0.460. The fraction of sp³-hybridized carbons (Fsp3) is 0.348. The summed E-state index contributed by atoms with van der Waals surface area (Å²) in [5.41, 5.74) is 1.80. The van der Waals surface area contributed by atoms with Crippen molar-refractivity contribution in [2.75, 3.05) is 32.1 Å². The van der Waals surface area contributed by atoms with Gasteiger partial charge >= 0.3 is 0 Å². The number of hydrogen-bond donors (Lipinski definition) is 2. The Hall–Kier alpha value is -2.57. The monoisotopic (exact) mass is 429 g/mol. The molecule has 30 heavy (non-hydrogen) atoms. The van der Waals surface area contributed by atoms with Crippen molar-refractivity contribution < 1.29 is 13.9 Å². The predicted octanol–water partition coefficient (Wildman–Crippen LogP) is 5.55. The van der Waals surface area contributed by atoms with Crippen LogP contribution in [0.15, 0.2) is 42.6 Å². The number of fused-ring (bicyclic) bond motifs is 1. The van der Waals surface area contributed by atoms with E-state index in [4.69, 9.17) is 21.1 Å². The summed E-state index contributed by atoms with van der Waals surface area (Å²) in [5.74, 6) is 1.61. The maximum atomic E-state index is 14.2. The summed E-state index contributed by atoms with van der Waals surface area (Å²) in [6.45, 7) is 2.85. The fourth-order valence-corrected chi connectivity index (χ4v) is 3.94. The van der Waals surface area contributed by atoms with Crippen molar-refractivity contribution in [3.05, 3.63) is 53.4 Å². The topological polar surface area (TPSA) is 55.4 Å². The van der Waals surface area contributed by atoms with Crippen LogP contribution >= 0.6 is 11.6 Å². The molecule has 0 spiro atoms. The summed E-state index contributed by atoms with van der Waals surface area (Å²) in [7, 11) is 1.61. The molecule has 1 saturated heterocycles. The van der Waals surface area contributed by atoms with Crippen LogP contribution in [0.2, 0.25) is 5.02 Å². The third-order valence-electron chi connectivity index (χ3n) is 5.40. The molecule has 2 aromatic carbocycles. The molecule has 0 saturated carbocycles. The van der Waals surface area contributed by atoms with E-state index in [2.05, 4.69) is 15.6 Å². The molecule has 1 unspecified atom stereocenters. The minimum Gasteiger partial charge on any atom is -0.493 e. The third-order valence-corrected chi connectivity index (χ3v) is 5.64. The van der Waals surface area contributed by atoms with E-state index in [1.54, 1.807) is 31.5 Å². The van der Waals surface area contributed by atoms with Crippen LogP contribution in [0.25, 0.3) is 10.9 Å². The van der Waals surface area contributed by atoms with Crippen LogP contribution in [-0.2, 0) is 0 Å². The van der Waals surface area contributed by atoms with Gasteiger partial charge in [-0.3, -0.25) is 4.98 Å². The second kappa shape index (κ2) is 9.49. The Labute approximate surface area is 180 Å². The average Bonchev–Trinajstić information content (AvgIpc) is 3.26. The van der Waals surface area contributed by atoms with Gasteiger partial charge in [0, 0.05) is 28.4 Å². The van der Waals surface area contributed by atoms with Crippen LogP contribution < -0.4 is 20.1 Å². The Balaban J connectivity index is 1.52. The number of aromatic nitrogens is 1. The maximum Gasteiger partial charge on any atom is 0.163 e. The molecule has 0 aliphatic carbocycles. The van der Waals surface area contributed by atoms with Crippen LogP contribution in [0.1, 0.15) is 19.3 Å². The van der Waals surface area contributed by atoms with E-state index in [9.17, 15) is 4.39 Å². The standard InChI is InChI=1S/C23H25ClFN3O2/c1-29-22-12-17-19(28-20-5-4-16(24)11-18(20)25)7-9-27-21(17)13-23(22)30-10-2-3-15-6-8-26-14-15/h4-5,7,9,11-13,15,26H,2-3,6,8,10,14H2,1H3,(H,27,28). The first-order valence-electron chi connectivity index (χ1n) is 10.2. The molecule has 1 aromatic heterocycles. The lowest BCUT2D eigenvalue weighted by Crippen LogP contribution is -2.10. The molecular formula is C23H25ClFN3O2. The van der Waals surface area contributed by atoms with Crippen molar-refractivity contribution in [3.63, 3.8) is 0 Å². The van der Waals surface area contributed by atoms with Gasteiger partial charge in [0.15, 0.2) is 11.5 Å². The van der Waals surface area contributed by atoms with Gasteiger partial charge in [-0.05, 0) is 68.6 Å². The molecule has 0 radical (unpaired) electrons. The molecule has 4 rings (SSSR count).